The van der Waals surface area contributed by atoms with Crippen molar-refractivity contribution in [2.24, 2.45) is 5.92 Å². The van der Waals surface area contributed by atoms with Gasteiger partial charge in [0, 0.05) is 11.6 Å². The summed E-state index contributed by atoms with van der Waals surface area (Å²) in [5.41, 5.74) is -0.103. The predicted molar refractivity (Wildman–Crippen MR) is 104 cm³/mol. The molecule has 1 aromatic carbocycles. The van der Waals surface area contributed by atoms with Gasteiger partial charge in [0.2, 0.25) is 0 Å². The summed E-state index contributed by atoms with van der Waals surface area (Å²) < 4.78 is 28.0. The number of thiophene rings is 1. The van der Waals surface area contributed by atoms with Crippen molar-refractivity contribution in [1.82, 2.24) is 10.2 Å². The lowest BCUT2D eigenvalue weighted by Gasteiger charge is -2.56. The summed E-state index contributed by atoms with van der Waals surface area (Å²) in [6.45, 7) is 6.44. The minimum atomic E-state index is -0.810. The van der Waals surface area contributed by atoms with Crippen molar-refractivity contribution in [2.45, 2.75) is 38.3 Å². The summed E-state index contributed by atoms with van der Waals surface area (Å²) in [5, 5.41) is 2.98. The summed E-state index contributed by atoms with van der Waals surface area (Å²) >= 11 is 6.64. The van der Waals surface area contributed by atoms with E-state index < -0.39 is 16.7 Å². The van der Waals surface area contributed by atoms with Crippen molar-refractivity contribution in [2.75, 3.05) is 13.1 Å². The number of fused-ring (bicyclic) bond motifs is 4. The normalized spacial score (nSPS) is 26.6. The van der Waals surface area contributed by atoms with Gasteiger partial charge in [0.15, 0.2) is 5.82 Å². The average Bonchev–Trinajstić information content (AvgIpc) is 3.00. The Balaban J connectivity index is 0.00000196. The first-order chi connectivity index (χ1) is 11.8. The molecule has 3 saturated heterocycles. The highest BCUT2D eigenvalue weighted by atomic mass is 35.5. The second-order valence-corrected chi connectivity index (χ2v) is 8.87. The first-order valence-electron chi connectivity index (χ1n) is 8.42. The smallest absolute Gasteiger partial charge is 0.261 e. The molecule has 3 aliphatic heterocycles. The Morgan fingerprint density at radius 3 is 2.58 bits per heavy atom. The Morgan fingerprint density at radius 1 is 1.31 bits per heavy atom. The van der Waals surface area contributed by atoms with Crippen molar-refractivity contribution >= 4 is 51.3 Å². The molecule has 1 N–H and O–H groups in total. The van der Waals surface area contributed by atoms with E-state index >= 15 is 0 Å². The van der Waals surface area contributed by atoms with Crippen molar-refractivity contribution < 1.29 is 13.6 Å². The number of rotatable bonds is 2. The van der Waals surface area contributed by atoms with Gasteiger partial charge in [-0.3, -0.25) is 9.69 Å². The van der Waals surface area contributed by atoms with E-state index in [1.54, 1.807) is 0 Å². The molecular weight excluding hydrogens is 401 g/mol. The van der Waals surface area contributed by atoms with Gasteiger partial charge in [-0.15, -0.1) is 23.7 Å². The highest BCUT2D eigenvalue weighted by molar-refractivity contribution is 7.20. The molecule has 3 nitrogen and oxygen atoms in total. The SMILES string of the molecule is CC1(C)C(NC(=O)c2cc3cc(F)c(Cl)c(F)c3s2)C2CCN1CC2.Cl. The Morgan fingerprint density at radius 2 is 1.96 bits per heavy atom. The van der Waals surface area contributed by atoms with Gasteiger partial charge in [0.1, 0.15) is 10.8 Å². The molecule has 4 heterocycles. The van der Waals surface area contributed by atoms with E-state index in [0.29, 0.717) is 16.2 Å². The fourth-order valence-corrected chi connectivity index (χ4v) is 5.48. The summed E-state index contributed by atoms with van der Waals surface area (Å²) in [4.78, 5) is 15.6. The second-order valence-electron chi connectivity index (χ2n) is 7.44. The average molecular weight is 421 g/mol. The number of nitrogens with zero attached hydrogens (tertiary/aromatic N) is 1. The zero-order chi connectivity index (χ0) is 17.9. The molecule has 5 rings (SSSR count). The molecule has 0 spiro atoms. The van der Waals surface area contributed by atoms with Gasteiger partial charge >= 0.3 is 0 Å². The molecule has 0 aliphatic carbocycles. The molecule has 1 unspecified atom stereocenters. The van der Waals surface area contributed by atoms with Crippen molar-refractivity contribution in [3.63, 3.8) is 0 Å². The van der Waals surface area contributed by atoms with Gasteiger partial charge in [0.05, 0.1) is 9.58 Å². The van der Waals surface area contributed by atoms with E-state index in [9.17, 15) is 13.6 Å². The molecule has 142 valence electrons. The fraction of sp³-hybridized carbons (Fsp3) is 0.500. The third kappa shape index (κ3) is 3.01. The summed E-state index contributed by atoms with van der Waals surface area (Å²) in [6, 6.07) is 2.76. The first-order valence-corrected chi connectivity index (χ1v) is 9.61. The van der Waals surface area contributed by atoms with Crippen LogP contribution in [0.1, 0.15) is 36.4 Å². The van der Waals surface area contributed by atoms with E-state index in [2.05, 4.69) is 24.1 Å². The van der Waals surface area contributed by atoms with Crippen LogP contribution in [0.2, 0.25) is 5.02 Å². The van der Waals surface area contributed by atoms with Gasteiger partial charge in [-0.05, 0) is 63.2 Å². The van der Waals surface area contributed by atoms with Crippen LogP contribution in [0.25, 0.3) is 10.1 Å². The van der Waals surface area contributed by atoms with Gasteiger partial charge in [0.25, 0.3) is 5.91 Å². The summed E-state index contributed by atoms with van der Waals surface area (Å²) in [7, 11) is 0. The fourth-order valence-electron chi connectivity index (χ4n) is 4.29. The Bertz CT molecular complexity index is 862. The Hall–Kier alpha value is -0.950. The maximum Gasteiger partial charge on any atom is 0.261 e. The van der Waals surface area contributed by atoms with Crippen LogP contribution in [-0.4, -0.2) is 35.5 Å². The van der Waals surface area contributed by atoms with E-state index in [1.807, 2.05) is 0 Å². The van der Waals surface area contributed by atoms with Crippen LogP contribution in [0.5, 0.6) is 0 Å². The molecule has 3 aliphatic rings. The zero-order valence-corrected chi connectivity index (χ0v) is 16.8. The first kappa shape index (κ1) is 19.8. The van der Waals surface area contributed by atoms with E-state index in [1.165, 1.54) is 12.1 Å². The number of hydrogen-bond donors (Lipinski definition) is 1. The number of amides is 1. The molecule has 1 atom stereocenters. The van der Waals surface area contributed by atoms with E-state index in [4.69, 9.17) is 11.6 Å². The number of benzene rings is 1. The Labute approximate surface area is 166 Å². The molecule has 8 heteroatoms. The van der Waals surface area contributed by atoms with E-state index in [-0.39, 0.29) is 34.6 Å². The third-order valence-corrected chi connectivity index (χ3v) is 7.23. The lowest BCUT2D eigenvalue weighted by Crippen LogP contribution is -2.69. The maximum absolute atomic E-state index is 14.1. The number of piperidine rings is 3. The van der Waals surface area contributed by atoms with Gasteiger partial charge < -0.3 is 5.32 Å². The van der Waals surface area contributed by atoms with Crippen LogP contribution in [0.4, 0.5) is 8.78 Å². The maximum atomic E-state index is 14.1. The quantitative estimate of drug-likeness (QED) is 0.703. The molecule has 3 fully saturated rings. The van der Waals surface area contributed by atoms with Gasteiger partial charge in [-0.25, -0.2) is 8.78 Å². The number of halogens is 4. The summed E-state index contributed by atoms with van der Waals surface area (Å²) in [5.74, 6) is -1.38. The predicted octanol–water partition coefficient (Wildman–Crippen LogP) is 4.86. The topological polar surface area (TPSA) is 32.3 Å². The van der Waals surface area contributed by atoms with Gasteiger partial charge in [-0.2, -0.15) is 0 Å². The molecule has 26 heavy (non-hydrogen) atoms. The van der Waals surface area contributed by atoms with Crippen LogP contribution in [0, 0.1) is 17.6 Å². The largest absolute Gasteiger partial charge is 0.346 e. The third-order valence-electron chi connectivity index (χ3n) is 5.74. The van der Waals surface area contributed by atoms with Crippen molar-refractivity contribution in [3.05, 3.63) is 33.7 Å². The number of nitrogens with one attached hydrogen (secondary N) is 1. The standard InChI is InChI=1S/C18H19ClF2N2OS.ClH/c1-18(2)16(9-3-5-23(18)6-4-9)22-17(24)12-8-10-7-11(20)13(19)14(21)15(10)25-12;/h7-9,16H,3-6H2,1-2H3,(H,22,24);1H. The molecule has 2 bridgehead atoms. The highest BCUT2D eigenvalue weighted by Gasteiger charge is 2.48. The van der Waals surface area contributed by atoms with Crippen LogP contribution in [-0.2, 0) is 0 Å². The minimum absolute atomic E-state index is 0. The summed E-state index contributed by atoms with van der Waals surface area (Å²) in [6.07, 6.45) is 2.16. The van der Waals surface area contributed by atoms with Crippen LogP contribution in [0.3, 0.4) is 0 Å². The van der Waals surface area contributed by atoms with Crippen molar-refractivity contribution in [3.8, 4) is 0 Å². The van der Waals surface area contributed by atoms with Crippen molar-refractivity contribution in [1.29, 1.82) is 0 Å². The molecule has 1 aromatic heterocycles. The van der Waals surface area contributed by atoms with Gasteiger partial charge in [-0.1, -0.05) is 11.6 Å². The lowest BCUT2D eigenvalue weighted by molar-refractivity contribution is -0.0377. The number of hydrogen-bond acceptors (Lipinski definition) is 3. The number of carbonyl (C=O) groups excluding carboxylic acids is 1. The van der Waals surface area contributed by atoms with E-state index in [0.717, 1.165) is 37.3 Å². The highest BCUT2D eigenvalue weighted by Crippen LogP contribution is 2.39. The Kier molecular flexibility index (Phi) is 5.25. The lowest BCUT2D eigenvalue weighted by atomic mass is 9.72. The minimum Gasteiger partial charge on any atom is -0.346 e. The number of carbonyl (C=O) groups is 1. The molecule has 0 radical (unpaired) electrons. The zero-order valence-electron chi connectivity index (χ0n) is 14.4. The van der Waals surface area contributed by atoms with Crippen LogP contribution < -0.4 is 5.32 Å². The molecular formula is C18H20Cl2F2N2OS. The molecule has 1 amide bonds. The second kappa shape index (κ2) is 6.89. The van der Waals surface area contributed by atoms with Crippen LogP contribution >= 0.6 is 35.3 Å². The molecule has 0 saturated carbocycles. The molecule has 2 aromatic rings. The van der Waals surface area contributed by atoms with Crippen LogP contribution in [0.15, 0.2) is 12.1 Å². The monoisotopic (exact) mass is 420 g/mol.